The van der Waals surface area contributed by atoms with Crippen LogP contribution in [0.1, 0.15) is 85.5 Å². The Morgan fingerprint density at radius 1 is 0.926 bits per heavy atom. The number of carbonyl (C=O) groups is 2. The highest BCUT2D eigenvalue weighted by molar-refractivity contribution is 5.86. The number of esters is 1. The fraction of sp³-hybridized carbons (Fsp3) is 0.913. The Hall–Kier alpha value is -0.900. The van der Waals surface area contributed by atoms with Gasteiger partial charge in [0.1, 0.15) is 11.7 Å². The molecule has 0 aromatic carbocycles. The van der Waals surface area contributed by atoms with Crippen molar-refractivity contribution in [2.45, 2.75) is 97.2 Å². The van der Waals surface area contributed by atoms with Gasteiger partial charge in [0.15, 0.2) is 5.78 Å². The second-order valence-corrected chi connectivity index (χ2v) is 10.6. The molecule has 4 heteroatoms. The van der Waals surface area contributed by atoms with Gasteiger partial charge in [0.05, 0.1) is 0 Å². The third-order valence-electron chi connectivity index (χ3n) is 9.68. The minimum atomic E-state index is -1.12. The summed E-state index contributed by atoms with van der Waals surface area (Å²) in [6.07, 6.45) is 9.34. The van der Waals surface area contributed by atoms with E-state index >= 15 is 0 Å². The molecule has 0 amide bonds. The monoisotopic (exact) mass is 376 g/mol. The van der Waals surface area contributed by atoms with Gasteiger partial charge in [-0.05, 0) is 93.8 Å². The molecule has 0 spiro atoms. The van der Waals surface area contributed by atoms with Gasteiger partial charge in [0.2, 0.25) is 0 Å². The summed E-state index contributed by atoms with van der Waals surface area (Å²) in [4.78, 5) is 23.7. The zero-order valence-corrected chi connectivity index (χ0v) is 17.4. The lowest BCUT2D eigenvalue weighted by Gasteiger charge is -2.61. The van der Waals surface area contributed by atoms with Crippen molar-refractivity contribution in [3.05, 3.63) is 0 Å². The van der Waals surface area contributed by atoms with Crippen molar-refractivity contribution in [3.63, 3.8) is 0 Å². The van der Waals surface area contributed by atoms with Crippen LogP contribution in [-0.4, -0.2) is 28.6 Å². The second-order valence-electron chi connectivity index (χ2n) is 10.6. The zero-order chi connectivity index (χ0) is 19.6. The van der Waals surface area contributed by atoms with Gasteiger partial charge in [-0.2, -0.15) is 0 Å². The summed E-state index contributed by atoms with van der Waals surface area (Å²) in [7, 11) is 0. The van der Waals surface area contributed by atoms with E-state index in [4.69, 9.17) is 4.74 Å². The Labute approximate surface area is 163 Å². The van der Waals surface area contributed by atoms with Crippen LogP contribution in [-0.2, 0) is 14.3 Å². The Balaban J connectivity index is 1.56. The number of aliphatic hydroxyl groups is 1. The molecule has 0 saturated heterocycles. The van der Waals surface area contributed by atoms with Gasteiger partial charge in [-0.1, -0.05) is 13.8 Å². The number of ketones is 1. The molecule has 4 aliphatic rings. The molecule has 0 radical (unpaired) electrons. The predicted octanol–water partition coefficient (Wildman–Crippen LogP) is 4.28. The summed E-state index contributed by atoms with van der Waals surface area (Å²) in [5.74, 6) is 2.22. The molecule has 4 aliphatic carbocycles. The molecule has 27 heavy (non-hydrogen) atoms. The smallest absolute Gasteiger partial charge is 0.302 e. The van der Waals surface area contributed by atoms with Crippen molar-refractivity contribution in [1.82, 2.24) is 0 Å². The van der Waals surface area contributed by atoms with Gasteiger partial charge in [-0.3, -0.25) is 9.59 Å². The Morgan fingerprint density at radius 2 is 1.63 bits per heavy atom. The van der Waals surface area contributed by atoms with E-state index in [0.29, 0.717) is 35.5 Å². The first-order valence-corrected chi connectivity index (χ1v) is 11.0. The van der Waals surface area contributed by atoms with E-state index in [-0.39, 0.29) is 23.3 Å². The fourth-order valence-electron chi connectivity index (χ4n) is 8.15. The molecule has 0 heterocycles. The van der Waals surface area contributed by atoms with Crippen molar-refractivity contribution in [2.75, 3.05) is 0 Å². The summed E-state index contributed by atoms with van der Waals surface area (Å²) in [5.41, 5.74) is -1.05. The van der Waals surface area contributed by atoms with E-state index < -0.39 is 5.60 Å². The Kier molecular flexibility index (Phi) is 4.53. The molecule has 0 aliphatic heterocycles. The van der Waals surface area contributed by atoms with Crippen molar-refractivity contribution in [1.29, 1.82) is 0 Å². The predicted molar refractivity (Wildman–Crippen MR) is 103 cm³/mol. The average molecular weight is 377 g/mol. The molecule has 0 bridgehead atoms. The van der Waals surface area contributed by atoms with Gasteiger partial charge in [0, 0.05) is 12.3 Å². The molecule has 0 unspecified atom stereocenters. The molecular formula is C23H36O4. The number of fused-ring (bicyclic) bond motifs is 5. The molecule has 0 aromatic heterocycles. The number of carbonyl (C=O) groups excluding carboxylic acids is 2. The molecule has 8 atom stereocenters. The minimum Gasteiger partial charge on any atom is -0.463 e. The standard InChI is InChI=1S/C23H36O4/c1-14(24)23(26)12-9-20-18-6-5-16-13-17(27-15(2)25)7-10-21(16,3)19(18)8-11-22(20,23)4/h16-20,26H,5-13H2,1-4H3/t16-,17-,18-,19+,20+,21-,22+,23+/m1/s1. The van der Waals surface area contributed by atoms with Crippen LogP contribution in [0.2, 0.25) is 0 Å². The van der Waals surface area contributed by atoms with Crippen LogP contribution in [0, 0.1) is 34.5 Å². The largest absolute Gasteiger partial charge is 0.463 e. The molecular weight excluding hydrogens is 340 g/mol. The van der Waals surface area contributed by atoms with Gasteiger partial charge in [0.25, 0.3) is 0 Å². The highest BCUT2D eigenvalue weighted by Gasteiger charge is 2.66. The van der Waals surface area contributed by atoms with Gasteiger partial charge in [-0.15, -0.1) is 0 Å². The van der Waals surface area contributed by atoms with E-state index in [1.165, 1.54) is 19.8 Å². The van der Waals surface area contributed by atoms with Gasteiger partial charge >= 0.3 is 5.97 Å². The number of ether oxygens (including phenoxy) is 1. The van der Waals surface area contributed by atoms with Crippen LogP contribution in [0.3, 0.4) is 0 Å². The maximum Gasteiger partial charge on any atom is 0.302 e. The van der Waals surface area contributed by atoms with Crippen LogP contribution in [0.25, 0.3) is 0 Å². The summed E-state index contributed by atoms with van der Waals surface area (Å²) in [6.45, 7) is 7.76. The summed E-state index contributed by atoms with van der Waals surface area (Å²) >= 11 is 0. The van der Waals surface area contributed by atoms with Crippen LogP contribution >= 0.6 is 0 Å². The first kappa shape index (κ1) is 19.4. The van der Waals surface area contributed by atoms with Crippen LogP contribution in [0.15, 0.2) is 0 Å². The van der Waals surface area contributed by atoms with Crippen LogP contribution < -0.4 is 0 Å². The van der Waals surface area contributed by atoms with Gasteiger partial charge < -0.3 is 9.84 Å². The van der Waals surface area contributed by atoms with E-state index in [2.05, 4.69) is 13.8 Å². The fourth-order valence-corrected chi connectivity index (χ4v) is 8.15. The first-order chi connectivity index (χ1) is 12.6. The quantitative estimate of drug-likeness (QED) is 0.731. The van der Waals surface area contributed by atoms with E-state index in [0.717, 1.165) is 38.5 Å². The highest BCUT2D eigenvalue weighted by Crippen LogP contribution is 2.68. The number of rotatable bonds is 2. The average Bonchev–Trinajstić information content (AvgIpc) is 2.87. The maximum absolute atomic E-state index is 12.3. The van der Waals surface area contributed by atoms with Crippen LogP contribution in [0.5, 0.6) is 0 Å². The SMILES string of the molecule is CC(=O)O[C@@H]1CC[C@]2(C)[C@H](CC[C@@H]3[C@@H]2CC[C@@]2(C)[C@H]3CC[C@]2(O)C(C)=O)C1. The lowest BCUT2D eigenvalue weighted by Crippen LogP contribution is -2.58. The molecule has 1 N–H and O–H groups in total. The second kappa shape index (κ2) is 6.30. The van der Waals surface area contributed by atoms with Crippen LogP contribution in [0.4, 0.5) is 0 Å². The normalized spacial score (nSPS) is 51.7. The molecule has 4 rings (SSSR count). The zero-order valence-electron chi connectivity index (χ0n) is 17.4. The van der Waals surface area contributed by atoms with Crippen molar-refractivity contribution in [2.24, 2.45) is 34.5 Å². The van der Waals surface area contributed by atoms with Crippen molar-refractivity contribution >= 4 is 11.8 Å². The molecule has 4 nitrogen and oxygen atoms in total. The topological polar surface area (TPSA) is 63.6 Å². The van der Waals surface area contributed by atoms with E-state index in [1.54, 1.807) is 6.92 Å². The number of hydrogen-bond acceptors (Lipinski definition) is 4. The first-order valence-electron chi connectivity index (χ1n) is 11.0. The highest BCUT2D eigenvalue weighted by atomic mass is 16.5. The third-order valence-corrected chi connectivity index (χ3v) is 9.68. The molecule has 4 fully saturated rings. The summed E-state index contributed by atoms with van der Waals surface area (Å²) in [6, 6.07) is 0. The Bertz CT molecular complexity index is 644. The van der Waals surface area contributed by atoms with E-state index in [9.17, 15) is 14.7 Å². The lowest BCUT2D eigenvalue weighted by atomic mass is 9.44. The Morgan fingerprint density at radius 3 is 2.30 bits per heavy atom. The molecule has 152 valence electrons. The minimum absolute atomic E-state index is 0.0345. The van der Waals surface area contributed by atoms with Crippen molar-refractivity contribution in [3.8, 4) is 0 Å². The molecule has 4 saturated carbocycles. The third kappa shape index (κ3) is 2.65. The molecule has 0 aromatic rings. The number of Topliss-reactive ketones (excluding diaryl/α,β-unsaturated/α-hetero) is 1. The lowest BCUT2D eigenvalue weighted by molar-refractivity contribution is -0.175. The van der Waals surface area contributed by atoms with E-state index in [1.807, 2.05) is 0 Å². The van der Waals surface area contributed by atoms with Crippen molar-refractivity contribution < 1.29 is 19.4 Å². The van der Waals surface area contributed by atoms with Gasteiger partial charge in [-0.25, -0.2) is 0 Å². The maximum atomic E-state index is 12.3. The number of hydrogen-bond donors (Lipinski definition) is 1. The summed E-state index contributed by atoms with van der Waals surface area (Å²) in [5, 5.41) is 11.2. The summed E-state index contributed by atoms with van der Waals surface area (Å²) < 4.78 is 5.55.